The van der Waals surface area contributed by atoms with Gasteiger partial charge in [-0.05, 0) is 36.4 Å². The molecule has 0 spiro atoms. The first-order valence-electron chi connectivity index (χ1n) is 6.71. The number of carbonyl (C=O) groups excluding carboxylic acids is 1. The van der Waals surface area contributed by atoms with Crippen LogP contribution < -0.4 is 4.74 Å². The molecule has 124 valence electrons. The Kier molecular flexibility index (Phi) is 3.88. The van der Waals surface area contributed by atoms with Crippen molar-refractivity contribution in [2.24, 2.45) is 0 Å². The Morgan fingerprint density at radius 2 is 1.96 bits per heavy atom. The second-order valence-electron chi connectivity index (χ2n) is 4.77. The highest BCUT2D eigenvalue weighted by atomic mass is 19.4. The van der Waals surface area contributed by atoms with E-state index in [2.05, 4.69) is 14.5 Å². The zero-order valence-corrected chi connectivity index (χ0v) is 12.3. The largest absolute Gasteiger partial charge is 0.573 e. The Balaban J connectivity index is 1.97. The van der Waals surface area contributed by atoms with Crippen molar-refractivity contribution >= 4 is 17.1 Å². The predicted molar refractivity (Wildman–Crippen MR) is 77.5 cm³/mol. The lowest BCUT2D eigenvalue weighted by atomic mass is 10.2. The number of esters is 1. The number of fused-ring (bicyclic) bond motifs is 1. The average molecular weight is 337 g/mol. The van der Waals surface area contributed by atoms with E-state index in [0.717, 1.165) is 0 Å². The molecule has 0 radical (unpaired) electrons. The molecule has 0 amide bonds. The molecule has 0 N–H and O–H groups in total. The first-order valence-corrected chi connectivity index (χ1v) is 6.71. The van der Waals surface area contributed by atoms with Crippen LogP contribution in [0.25, 0.3) is 22.6 Å². The third kappa shape index (κ3) is 3.32. The van der Waals surface area contributed by atoms with Gasteiger partial charge < -0.3 is 13.9 Å². The molecule has 8 heteroatoms. The summed E-state index contributed by atoms with van der Waals surface area (Å²) in [6, 6.07) is 9.79. The van der Waals surface area contributed by atoms with Gasteiger partial charge in [-0.2, -0.15) is 0 Å². The minimum absolute atomic E-state index is 0.111. The van der Waals surface area contributed by atoms with Crippen molar-refractivity contribution in [3.63, 3.8) is 0 Å². The number of oxazole rings is 1. The molecule has 5 nitrogen and oxygen atoms in total. The number of nitrogens with zero attached hydrogens (tertiary/aromatic N) is 1. The number of hydrogen-bond donors (Lipinski definition) is 0. The van der Waals surface area contributed by atoms with Crippen LogP contribution >= 0.6 is 0 Å². The third-order valence-corrected chi connectivity index (χ3v) is 3.12. The first kappa shape index (κ1) is 15.9. The zero-order chi connectivity index (χ0) is 17.3. The topological polar surface area (TPSA) is 61.6 Å². The van der Waals surface area contributed by atoms with Gasteiger partial charge >= 0.3 is 12.3 Å². The normalized spacial score (nSPS) is 11.5. The summed E-state index contributed by atoms with van der Waals surface area (Å²) in [5.74, 6) is -0.792. The molecular formula is C16H10F3NO4. The van der Waals surface area contributed by atoms with Crippen molar-refractivity contribution in [1.29, 1.82) is 0 Å². The molecule has 3 aromatic rings. The van der Waals surface area contributed by atoms with E-state index >= 15 is 0 Å². The molecule has 24 heavy (non-hydrogen) atoms. The van der Waals surface area contributed by atoms with Crippen LogP contribution in [0.5, 0.6) is 5.75 Å². The number of benzene rings is 2. The number of carbonyl (C=O) groups is 1. The fourth-order valence-corrected chi connectivity index (χ4v) is 2.12. The minimum Gasteiger partial charge on any atom is -0.465 e. The van der Waals surface area contributed by atoms with E-state index in [1.807, 2.05) is 0 Å². The van der Waals surface area contributed by atoms with Gasteiger partial charge in [0.1, 0.15) is 11.3 Å². The van der Waals surface area contributed by atoms with Gasteiger partial charge in [-0.3, -0.25) is 0 Å². The molecule has 0 saturated heterocycles. The summed E-state index contributed by atoms with van der Waals surface area (Å²) in [6.07, 6.45) is -4.78. The summed E-state index contributed by atoms with van der Waals surface area (Å²) in [5.41, 5.74) is 1.38. The molecule has 0 aliphatic carbocycles. The van der Waals surface area contributed by atoms with E-state index in [-0.39, 0.29) is 11.6 Å². The quantitative estimate of drug-likeness (QED) is 0.671. The molecule has 0 saturated carbocycles. The maximum atomic E-state index is 12.3. The summed E-state index contributed by atoms with van der Waals surface area (Å²) in [6.45, 7) is 0. The Morgan fingerprint density at radius 3 is 2.67 bits per heavy atom. The molecular weight excluding hydrogens is 327 g/mol. The highest BCUT2D eigenvalue weighted by molar-refractivity contribution is 5.93. The van der Waals surface area contributed by atoms with E-state index in [1.165, 1.54) is 49.6 Å². The van der Waals surface area contributed by atoms with Gasteiger partial charge in [0.15, 0.2) is 5.58 Å². The first-order chi connectivity index (χ1) is 11.4. The van der Waals surface area contributed by atoms with Gasteiger partial charge in [0.2, 0.25) is 5.89 Å². The van der Waals surface area contributed by atoms with Crippen molar-refractivity contribution in [2.75, 3.05) is 7.11 Å². The number of aromatic nitrogens is 1. The number of rotatable bonds is 3. The number of halogens is 3. The van der Waals surface area contributed by atoms with Crippen LogP contribution in [0.2, 0.25) is 0 Å². The molecule has 0 aliphatic rings. The Labute approximate surface area is 133 Å². The molecule has 1 aromatic heterocycles. The van der Waals surface area contributed by atoms with Crippen molar-refractivity contribution in [2.45, 2.75) is 6.36 Å². The molecule has 0 aliphatic heterocycles. The van der Waals surface area contributed by atoms with E-state index in [0.29, 0.717) is 22.2 Å². The van der Waals surface area contributed by atoms with Crippen LogP contribution in [0.15, 0.2) is 46.9 Å². The summed E-state index contributed by atoms with van der Waals surface area (Å²) < 4.78 is 50.9. The SMILES string of the molecule is COC(=O)c1ccc2oc(-c3cccc(OC(F)(F)F)c3)nc2c1. The maximum absolute atomic E-state index is 12.3. The fraction of sp³-hybridized carbons (Fsp3) is 0.125. The van der Waals surface area contributed by atoms with Gasteiger partial charge in [-0.15, -0.1) is 13.2 Å². The predicted octanol–water partition coefficient (Wildman–Crippen LogP) is 4.18. The summed E-state index contributed by atoms with van der Waals surface area (Å²) >= 11 is 0. The average Bonchev–Trinajstić information content (AvgIpc) is 2.96. The lowest BCUT2D eigenvalue weighted by Gasteiger charge is -2.08. The van der Waals surface area contributed by atoms with Gasteiger partial charge in [0.05, 0.1) is 12.7 Å². The maximum Gasteiger partial charge on any atom is 0.573 e. The second-order valence-corrected chi connectivity index (χ2v) is 4.77. The Bertz CT molecular complexity index is 902. The fourth-order valence-electron chi connectivity index (χ4n) is 2.12. The number of ether oxygens (including phenoxy) is 2. The van der Waals surface area contributed by atoms with Crippen LogP contribution in [0.4, 0.5) is 13.2 Å². The monoisotopic (exact) mass is 337 g/mol. The number of methoxy groups -OCH3 is 1. The summed E-state index contributed by atoms with van der Waals surface area (Å²) in [7, 11) is 1.26. The zero-order valence-electron chi connectivity index (χ0n) is 12.3. The lowest BCUT2D eigenvalue weighted by molar-refractivity contribution is -0.274. The van der Waals surface area contributed by atoms with Crippen molar-refractivity contribution in [3.8, 4) is 17.2 Å². The van der Waals surface area contributed by atoms with Crippen molar-refractivity contribution < 1.29 is 31.9 Å². The molecule has 2 aromatic carbocycles. The van der Waals surface area contributed by atoms with Gasteiger partial charge in [-0.1, -0.05) is 6.07 Å². The number of alkyl halides is 3. The highest BCUT2D eigenvalue weighted by Gasteiger charge is 2.31. The Morgan fingerprint density at radius 1 is 1.17 bits per heavy atom. The van der Waals surface area contributed by atoms with Gasteiger partial charge in [-0.25, -0.2) is 9.78 Å². The highest BCUT2D eigenvalue weighted by Crippen LogP contribution is 2.29. The van der Waals surface area contributed by atoms with Crippen LogP contribution in [0.3, 0.4) is 0 Å². The number of hydrogen-bond acceptors (Lipinski definition) is 5. The smallest absolute Gasteiger partial charge is 0.465 e. The standard InChI is InChI=1S/C16H10F3NO4/c1-22-15(21)10-5-6-13-12(8-10)20-14(23-13)9-3-2-4-11(7-9)24-16(17,18)19/h2-8H,1H3. The van der Waals surface area contributed by atoms with Crippen LogP contribution in [0, 0.1) is 0 Å². The third-order valence-electron chi connectivity index (χ3n) is 3.12. The van der Waals surface area contributed by atoms with E-state index in [1.54, 1.807) is 0 Å². The lowest BCUT2D eigenvalue weighted by Crippen LogP contribution is -2.17. The van der Waals surface area contributed by atoms with Gasteiger partial charge in [0, 0.05) is 5.56 Å². The van der Waals surface area contributed by atoms with E-state index in [9.17, 15) is 18.0 Å². The van der Waals surface area contributed by atoms with Gasteiger partial charge in [0.25, 0.3) is 0 Å². The van der Waals surface area contributed by atoms with Crippen LogP contribution in [-0.4, -0.2) is 24.4 Å². The minimum atomic E-state index is -4.78. The van der Waals surface area contributed by atoms with Crippen molar-refractivity contribution in [3.05, 3.63) is 48.0 Å². The summed E-state index contributed by atoms with van der Waals surface area (Å²) in [5, 5.41) is 0. The molecule has 3 rings (SSSR count). The molecule has 0 unspecified atom stereocenters. The van der Waals surface area contributed by atoms with E-state index < -0.39 is 12.3 Å². The summed E-state index contributed by atoms with van der Waals surface area (Å²) in [4.78, 5) is 15.7. The molecule has 0 fully saturated rings. The molecule has 1 heterocycles. The Hall–Kier alpha value is -3.03. The second kappa shape index (κ2) is 5.88. The van der Waals surface area contributed by atoms with E-state index in [4.69, 9.17) is 4.42 Å². The molecule has 0 bridgehead atoms. The molecule has 0 atom stereocenters. The van der Waals surface area contributed by atoms with Crippen LogP contribution in [-0.2, 0) is 4.74 Å². The van der Waals surface area contributed by atoms with Crippen molar-refractivity contribution in [1.82, 2.24) is 4.98 Å². The van der Waals surface area contributed by atoms with Crippen LogP contribution in [0.1, 0.15) is 10.4 Å².